The number of amides is 4. The molecule has 0 radical (unpaired) electrons. The first-order chi connectivity index (χ1) is 21.4. The lowest BCUT2D eigenvalue weighted by Crippen LogP contribution is -2.43. The van der Waals surface area contributed by atoms with E-state index in [1.54, 1.807) is 9.80 Å². The van der Waals surface area contributed by atoms with Gasteiger partial charge in [-0.1, -0.05) is 54.6 Å². The molecule has 226 valence electrons. The van der Waals surface area contributed by atoms with Crippen molar-refractivity contribution in [3.8, 4) is 0 Å². The monoisotopic (exact) mass is 590 g/mol. The van der Waals surface area contributed by atoms with Gasteiger partial charge in [-0.3, -0.25) is 19.2 Å². The van der Waals surface area contributed by atoms with E-state index in [1.807, 2.05) is 91.1 Å². The number of rotatable bonds is 8. The molecule has 2 saturated heterocycles. The standard InChI is InChI=1S/C36H38N4O4/c1-26(41)39-23-7-11-32(39)35(43)37-30-19-15-27(16-20-30)13-14-28-17-21-31(22-18-28)38-36(44)33-12-8-24-40(33)34(42)25-29-9-5-3-2-4-6-10-29/h3-5,9-10,13-22,32-33H,2,7-8,11-12,23-25H2,1H3,(H,37,43)(H,38,44)/b5-3-,14-13+,29-9+/t6?,32-,33-/m0/s1. The summed E-state index contributed by atoms with van der Waals surface area (Å²) in [6.07, 6.45) is 17.6. The first-order valence-corrected chi connectivity index (χ1v) is 15.2. The number of hydrogen-bond acceptors (Lipinski definition) is 4. The average Bonchev–Trinajstić information content (AvgIpc) is 3.70. The molecule has 2 atom stereocenters. The van der Waals surface area contributed by atoms with Crippen molar-refractivity contribution in [2.24, 2.45) is 0 Å². The largest absolute Gasteiger partial charge is 0.331 e. The SMILES string of the molecule is CC(=O)N1CCC[C@H]1C(=O)Nc1ccc(/C=C/c2ccc(NC(=O)[C@@H]3CCCN3C(=O)C/C3=C/C=C\CC=C=C3)cc2)cc1. The number of carbonyl (C=O) groups is 4. The Morgan fingerprint density at radius 3 is 1.93 bits per heavy atom. The van der Waals surface area contributed by atoms with E-state index in [2.05, 4.69) is 16.4 Å². The molecule has 2 aromatic rings. The van der Waals surface area contributed by atoms with Crippen molar-refractivity contribution in [1.82, 2.24) is 9.80 Å². The number of carbonyl (C=O) groups excluding carboxylic acids is 4. The minimum atomic E-state index is -0.481. The summed E-state index contributed by atoms with van der Waals surface area (Å²) in [7, 11) is 0. The van der Waals surface area contributed by atoms with Gasteiger partial charge in [0.15, 0.2) is 0 Å². The zero-order valence-electron chi connectivity index (χ0n) is 25.0. The topological polar surface area (TPSA) is 98.8 Å². The molecule has 2 fully saturated rings. The van der Waals surface area contributed by atoms with Crippen LogP contribution in [0.1, 0.15) is 56.6 Å². The molecule has 2 aliphatic heterocycles. The second kappa shape index (κ2) is 14.5. The van der Waals surface area contributed by atoms with E-state index in [0.29, 0.717) is 37.3 Å². The molecule has 2 heterocycles. The fourth-order valence-electron chi connectivity index (χ4n) is 5.76. The van der Waals surface area contributed by atoms with Crippen molar-refractivity contribution >= 4 is 47.2 Å². The number of likely N-dealkylation sites (tertiary alicyclic amines) is 2. The van der Waals surface area contributed by atoms with Crippen LogP contribution >= 0.6 is 0 Å². The van der Waals surface area contributed by atoms with Crippen LogP contribution in [0.15, 0.2) is 90.2 Å². The van der Waals surface area contributed by atoms with Crippen molar-refractivity contribution in [1.29, 1.82) is 0 Å². The quantitative estimate of drug-likeness (QED) is 0.303. The highest BCUT2D eigenvalue weighted by Gasteiger charge is 2.34. The molecule has 0 unspecified atom stereocenters. The van der Waals surface area contributed by atoms with Crippen molar-refractivity contribution < 1.29 is 19.2 Å². The molecule has 4 amide bonds. The van der Waals surface area contributed by atoms with Gasteiger partial charge in [0, 0.05) is 31.4 Å². The van der Waals surface area contributed by atoms with Gasteiger partial charge in [0.1, 0.15) is 12.1 Å². The van der Waals surface area contributed by atoms with Gasteiger partial charge in [-0.25, -0.2) is 0 Å². The molecular weight excluding hydrogens is 552 g/mol. The van der Waals surface area contributed by atoms with Gasteiger partial charge in [0.2, 0.25) is 23.6 Å². The van der Waals surface area contributed by atoms with Crippen molar-refractivity contribution in [2.45, 2.75) is 57.5 Å². The zero-order chi connectivity index (χ0) is 30.9. The molecule has 2 N–H and O–H groups in total. The van der Waals surface area contributed by atoms with Crippen LogP contribution in [-0.4, -0.2) is 58.6 Å². The Morgan fingerprint density at radius 2 is 1.36 bits per heavy atom. The highest BCUT2D eigenvalue weighted by atomic mass is 16.2. The lowest BCUT2D eigenvalue weighted by molar-refractivity contribution is -0.136. The Kier molecular flexibility index (Phi) is 10.1. The van der Waals surface area contributed by atoms with Gasteiger partial charge in [-0.2, -0.15) is 0 Å². The summed E-state index contributed by atoms with van der Waals surface area (Å²) in [6, 6.07) is 14.2. The van der Waals surface area contributed by atoms with Crippen LogP contribution in [0, 0.1) is 0 Å². The third-order valence-corrected chi connectivity index (χ3v) is 8.10. The van der Waals surface area contributed by atoms with E-state index < -0.39 is 12.1 Å². The summed E-state index contributed by atoms with van der Waals surface area (Å²) >= 11 is 0. The Morgan fingerprint density at radius 1 is 0.818 bits per heavy atom. The lowest BCUT2D eigenvalue weighted by Gasteiger charge is -2.24. The third kappa shape index (κ3) is 7.91. The summed E-state index contributed by atoms with van der Waals surface area (Å²) in [5, 5.41) is 5.90. The van der Waals surface area contributed by atoms with Gasteiger partial charge in [-0.05, 0) is 85.2 Å². The van der Waals surface area contributed by atoms with Gasteiger partial charge in [0.25, 0.3) is 0 Å². The lowest BCUT2D eigenvalue weighted by atomic mass is 10.1. The summed E-state index contributed by atoms with van der Waals surface area (Å²) < 4.78 is 0. The van der Waals surface area contributed by atoms with Gasteiger partial charge >= 0.3 is 0 Å². The molecule has 0 saturated carbocycles. The Labute approximate surface area is 258 Å². The van der Waals surface area contributed by atoms with Crippen LogP contribution in [-0.2, 0) is 19.2 Å². The normalized spacial score (nSPS) is 21.4. The molecule has 44 heavy (non-hydrogen) atoms. The minimum absolute atomic E-state index is 0.0507. The number of hydrogen-bond donors (Lipinski definition) is 2. The summed E-state index contributed by atoms with van der Waals surface area (Å²) in [5.74, 6) is -0.453. The zero-order valence-corrected chi connectivity index (χ0v) is 25.0. The Hall–Kier alpha value is -4.94. The second-order valence-corrected chi connectivity index (χ2v) is 11.3. The molecule has 3 aliphatic rings. The number of nitrogens with one attached hydrogen (secondary N) is 2. The average molecular weight is 591 g/mol. The van der Waals surface area contributed by atoms with Crippen LogP contribution in [0.2, 0.25) is 0 Å². The number of allylic oxidation sites excluding steroid dienone is 4. The fourth-order valence-corrected chi connectivity index (χ4v) is 5.76. The van der Waals surface area contributed by atoms with E-state index in [9.17, 15) is 19.2 Å². The highest BCUT2D eigenvalue weighted by molar-refractivity contribution is 5.98. The van der Waals surface area contributed by atoms with Crippen LogP contribution in [0.5, 0.6) is 0 Å². The van der Waals surface area contributed by atoms with E-state index in [0.717, 1.165) is 36.0 Å². The van der Waals surface area contributed by atoms with Crippen molar-refractivity contribution in [2.75, 3.05) is 23.7 Å². The number of anilines is 2. The number of nitrogens with zero attached hydrogens (tertiary/aromatic N) is 2. The van der Waals surface area contributed by atoms with E-state index in [1.165, 1.54) is 6.92 Å². The third-order valence-electron chi connectivity index (χ3n) is 8.10. The van der Waals surface area contributed by atoms with Gasteiger partial charge < -0.3 is 20.4 Å². The smallest absolute Gasteiger partial charge is 0.247 e. The fraction of sp³-hybridized carbons (Fsp3) is 0.306. The molecule has 0 spiro atoms. The molecule has 1 aliphatic carbocycles. The predicted molar refractivity (Wildman–Crippen MR) is 173 cm³/mol. The molecule has 8 nitrogen and oxygen atoms in total. The second-order valence-electron chi connectivity index (χ2n) is 11.3. The molecular formula is C36H38N4O4. The van der Waals surface area contributed by atoms with Crippen molar-refractivity contribution in [3.05, 3.63) is 101 Å². The van der Waals surface area contributed by atoms with Crippen LogP contribution in [0.4, 0.5) is 11.4 Å². The number of benzene rings is 2. The first kappa shape index (κ1) is 30.5. The van der Waals surface area contributed by atoms with E-state index in [4.69, 9.17) is 0 Å². The van der Waals surface area contributed by atoms with Gasteiger partial charge in [0.05, 0.1) is 6.42 Å². The Balaban J connectivity index is 1.12. The molecule has 2 aromatic carbocycles. The maximum atomic E-state index is 13.1. The van der Waals surface area contributed by atoms with E-state index in [-0.39, 0.29) is 30.0 Å². The molecule has 5 rings (SSSR count). The molecule has 8 heteroatoms. The van der Waals surface area contributed by atoms with Crippen LogP contribution in [0.3, 0.4) is 0 Å². The summed E-state index contributed by atoms with van der Waals surface area (Å²) in [6.45, 7) is 2.70. The van der Waals surface area contributed by atoms with E-state index >= 15 is 0 Å². The Bertz CT molecular complexity index is 1550. The predicted octanol–water partition coefficient (Wildman–Crippen LogP) is 5.72. The van der Waals surface area contributed by atoms with Gasteiger partial charge in [-0.15, -0.1) is 5.73 Å². The van der Waals surface area contributed by atoms with Crippen LogP contribution < -0.4 is 10.6 Å². The van der Waals surface area contributed by atoms with Crippen molar-refractivity contribution in [3.63, 3.8) is 0 Å². The molecule has 0 aromatic heterocycles. The highest BCUT2D eigenvalue weighted by Crippen LogP contribution is 2.23. The first-order valence-electron chi connectivity index (χ1n) is 15.2. The summed E-state index contributed by atoms with van der Waals surface area (Å²) in [4.78, 5) is 53.9. The maximum Gasteiger partial charge on any atom is 0.247 e. The minimum Gasteiger partial charge on any atom is -0.331 e. The maximum absolute atomic E-state index is 13.1. The van der Waals surface area contributed by atoms with Crippen LogP contribution in [0.25, 0.3) is 12.2 Å². The summed E-state index contributed by atoms with van der Waals surface area (Å²) in [5.41, 5.74) is 7.27. The molecule has 0 bridgehead atoms.